The summed E-state index contributed by atoms with van der Waals surface area (Å²) in [5, 5.41) is 0. The standard InChI is InChI=1S/C15H23NO2/c1-10(2)12(16)14-13(17-15(3,4)18-14)11-8-6-5-7-9-11/h5-10,12-14H,16H2,1-4H3/t12-,13+,14+/m1/s1. The average molecular weight is 249 g/mol. The third kappa shape index (κ3) is 2.74. The van der Waals surface area contributed by atoms with Crippen LogP contribution < -0.4 is 5.73 Å². The quantitative estimate of drug-likeness (QED) is 0.896. The summed E-state index contributed by atoms with van der Waals surface area (Å²) < 4.78 is 12.0. The molecular formula is C15H23NO2. The van der Waals surface area contributed by atoms with Gasteiger partial charge in [0.2, 0.25) is 0 Å². The number of nitrogens with two attached hydrogens (primary N) is 1. The Hall–Kier alpha value is -0.900. The molecule has 1 aliphatic heterocycles. The molecule has 3 atom stereocenters. The van der Waals surface area contributed by atoms with Crippen LogP contribution in [0.3, 0.4) is 0 Å². The van der Waals surface area contributed by atoms with Gasteiger partial charge in [0.15, 0.2) is 5.79 Å². The first-order valence-corrected chi connectivity index (χ1v) is 6.57. The first kappa shape index (κ1) is 13.5. The van der Waals surface area contributed by atoms with Gasteiger partial charge in [-0.3, -0.25) is 0 Å². The summed E-state index contributed by atoms with van der Waals surface area (Å²) in [6, 6.07) is 10.1. The largest absolute Gasteiger partial charge is 0.343 e. The van der Waals surface area contributed by atoms with Crippen LogP contribution in [-0.4, -0.2) is 17.9 Å². The number of rotatable bonds is 3. The molecule has 2 rings (SSSR count). The van der Waals surface area contributed by atoms with Gasteiger partial charge >= 0.3 is 0 Å². The molecule has 0 aliphatic carbocycles. The zero-order chi connectivity index (χ0) is 13.3. The fraction of sp³-hybridized carbons (Fsp3) is 0.600. The fourth-order valence-electron chi connectivity index (χ4n) is 2.35. The zero-order valence-electron chi connectivity index (χ0n) is 11.6. The molecule has 1 aromatic rings. The van der Waals surface area contributed by atoms with E-state index in [1.165, 1.54) is 0 Å². The van der Waals surface area contributed by atoms with Crippen LogP contribution in [0.4, 0.5) is 0 Å². The Morgan fingerprint density at radius 1 is 1.11 bits per heavy atom. The lowest BCUT2D eigenvalue weighted by Gasteiger charge is -2.26. The van der Waals surface area contributed by atoms with Crippen LogP contribution in [0, 0.1) is 5.92 Å². The number of ether oxygens (including phenoxy) is 2. The van der Waals surface area contributed by atoms with Crippen LogP contribution in [0.25, 0.3) is 0 Å². The topological polar surface area (TPSA) is 44.5 Å². The highest BCUT2D eigenvalue weighted by Gasteiger charge is 2.45. The molecule has 0 spiro atoms. The van der Waals surface area contributed by atoms with Crippen LogP contribution in [-0.2, 0) is 9.47 Å². The summed E-state index contributed by atoms with van der Waals surface area (Å²) in [5.74, 6) is -0.212. The number of benzene rings is 1. The minimum absolute atomic E-state index is 0.0306. The van der Waals surface area contributed by atoms with Crippen LogP contribution in [0.15, 0.2) is 30.3 Å². The van der Waals surface area contributed by atoms with Crippen molar-refractivity contribution in [1.29, 1.82) is 0 Å². The predicted octanol–water partition coefficient (Wildman–Crippen LogP) is 2.86. The highest BCUT2D eigenvalue weighted by molar-refractivity contribution is 5.20. The summed E-state index contributed by atoms with van der Waals surface area (Å²) in [6.07, 6.45) is -0.180. The van der Waals surface area contributed by atoms with Gasteiger partial charge in [-0.15, -0.1) is 0 Å². The summed E-state index contributed by atoms with van der Waals surface area (Å²) in [7, 11) is 0. The second kappa shape index (κ2) is 5.00. The lowest BCUT2D eigenvalue weighted by molar-refractivity contribution is -0.149. The Kier molecular flexibility index (Phi) is 3.76. The first-order valence-electron chi connectivity index (χ1n) is 6.57. The molecule has 100 valence electrons. The van der Waals surface area contributed by atoms with E-state index >= 15 is 0 Å². The van der Waals surface area contributed by atoms with Gasteiger partial charge in [0.1, 0.15) is 12.2 Å². The van der Waals surface area contributed by atoms with Crippen molar-refractivity contribution in [3.05, 3.63) is 35.9 Å². The van der Waals surface area contributed by atoms with Crippen molar-refractivity contribution in [2.45, 2.75) is 51.7 Å². The van der Waals surface area contributed by atoms with Gasteiger partial charge in [0, 0.05) is 6.04 Å². The smallest absolute Gasteiger partial charge is 0.164 e. The lowest BCUT2D eigenvalue weighted by atomic mass is 9.92. The van der Waals surface area contributed by atoms with Crippen molar-refractivity contribution in [3.63, 3.8) is 0 Å². The van der Waals surface area contributed by atoms with Gasteiger partial charge in [-0.2, -0.15) is 0 Å². The molecule has 1 aromatic carbocycles. The second-order valence-corrected chi connectivity index (χ2v) is 5.75. The van der Waals surface area contributed by atoms with E-state index in [1.807, 2.05) is 32.0 Å². The van der Waals surface area contributed by atoms with E-state index in [1.54, 1.807) is 0 Å². The van der Waals surface area contributed by atoms with Crippen LogP contribution in [0.1, 0.15) is 39.4 Å². The molecule has 1 aliphatic rings. The molecular weight excluding hydrogens is 226 g/mol. The second-order valence-electron chi connectivity index (χ2n) is 5.75. The normalized spacial score (nSPS) is 28.6. The molecule has 3 heteroatoms. The van der Waals surface area contributed by atoms with Crippen molar-refractivity contribution in [2.24, 2.45) is 11.7 Å². The number of hydrogen-bond donors (Lipinski definition) is 1. The predicted molar refractivity (Wildman–Crippen MR) is 72.0 cm³/mol. The molecule has 1 fully saturated rings. The summed E-state index contributed by atoms with van der Waals surface area (Å²) in [6.45, 7) is 8.11. The molecule has 0 amide bonds. The third-order valence-electron chi connectivity index (χ3n) is 3.41. The van der Waals surface area contributed by atoms with Gasteiger partial charge in [0.05, 0.1) is 0 Å². The van der Waals surface area contributed by atoms with Gasteiger partial charge < -0.3 is 15.2 Å². The highest BCUT2D eigenvalue weighted by Crippen LogP contribution is 2.40. The molecule has 3 nitrogen and oxygen atoms in total. The Morgan fingerprint density at radius 2 is 1.72 bits per heavy atom. The van der Waals surface area contributed by atoms with Crippen LogP contribution >= 0.6 is 0 Å². The lowest BCUT2D eigenvalue weighted by Crippen LogP contribution is -2.42. The van der Waals surface area contributed by atoms with Crippen molar-refractivity contribution in [2.75, 3.05) is 0 Å². The van der Waals surface area contributed by atoms with E-state index in [-0.39, 0.29) is 18.2 Å². The Morgan fingerprint density at radius 3 is 2.28 bits per heavy atom. The third-order valence-corrected chi connectivity index (χ3v) is 3.41. The maximum atomic E-state index is 6.27. The molecule has 0 radical (unpaired) electrons. The van der Waals surface area contributed by atoms with E-state index < -0.39 is 5.79 Å². The molecule has 18 heavy (non-hydrogen) atoms. The van der Waals surface area contributed by atoms with Gasteiger partial charge in [-0.1, -0.05) is 44.2 Å². The van der Waals surface area contributed by atoms with E-state index in [9.17, 15) is 0 Å². The molecule has 0 bridgehead atoms. The maximum Gasteiger partial charge on any atom is 0.164 e. The molecule has 2 N–H and O–H groups in total. The molecule has 0 saturated carbocycles. The average Bonchev–Trinajstić information content (AvgIpc) is 2.65. The van der Waals surface area contributed by atoms with Crippen molar-refractivity contribution >= 4 is 0 Å². The first-order chi connectivity index (χ1) is 8.41. The Labute approximate surface area is 109 Å². The highest BCUT2D eigenvalue weighted by atomic mass is 16.8. The molecule has 1 saturated heterocycles. The van der Waals surface area contributed by atoms with Crippen LogP contribution in [0.5, 0.6) is 0 Å². The van der Waals surface area contributed by atoms with Crippen molar-refractivity contribution in [3.8, 4) is 0 Å². The van der Waals surface area contributed by atoms with Crippen molar-refractivity contribution in [1.82, 2.24) is 0 Å². The van der Waals surface area contributed by atoms with E-state index in [0.717, 1.165) is 5.56 Å². The van der Waals surface area contributed by atoms with E-state index in [4.69, 9.17) is 15.2 Å². The fourth-order valence-corrected chi connectivity index (χ4v) is 2.35. The summed E-state index contributed by atoms with van der Waals surface area (Å²) >= 11 is 0. The zero-order valence-corrected chi connectivity index (χ0v) is 11.6. The van der Waals surface area contributed by atoms with Gasteiger partial charge in [0.25, 0.3) is 0 Å². The van der Waals surface area contributed by atoms with E-state index in [0.29, 0.717) is 5.92 Å². The number of hydrogen-bond acceptors (Lipinski definition) is 3. The van der Waals surface area contributed by atoms with Crippen LogP contribution in [0.2, 0.25) is 0 Å². The molecule has 1 heterocycles. The monoisotopic (exact) mass is 249 g/mol. The minimum atomic E-state index is -0.572. The molecule has 0 unspecified atom stereocenters. The molecule has 0 aromatic heterocycles. The summed E-state index contributed by atoms with van der Waals surface area (Å²) in [4.78, 5) is 0. The van der Waals surface area contributed by atoms with Gasteiger partial charge in [-0.25, -0.2) is 0 Å². The van der Waals surface area contributed by atoms with E-state index in [2.05, 4.69) is 26.0 Å². The SMILES string of the molecule is CC(C)[C@@H](N)[C@@H]1OC(C)(C)O[C@H]1c1ccccc1. The minimum Gasteiger partial charge on any atom is -0.343 e. The summed E-state index contributed by atoms with van der Waals surface area (Å²) in [5.41, 5.74) is 7.39. The maximum absolute atomic E-state index is 6.27. The Bertz CT molecular complexity index is 389. The van der Waals surface area contributed by atoms with Crippen molar-refractivity contribution < 1.29 is 9.47 Å². The Balaban J connectivity index is 2.26. The van der Waals surface area contributed by atoms with Gasteiger partial charge in [-0.05, 0) is 25.3 Å².